The highest BCUT2D eigenvalue weighted by Crippen LogP contribution is 2.21. The Labute approximate surface area is 153 Å². The van der Waals surface area contributed by atoms with Gasteiger partial charge in [-0.3, -0.25) is 9.59 Å². The summed E-state index contributed by atoms with van der Waals surface area (Å²) in [4.78, 5) is 23.2. The number of carboxylic acid groups (broad SMARTS) is 1. The van der Waals surface area contributed by atoms with E-state index in [1.165, 1.54) is 5.56 Å². The Bertz CT molecular complexity index is 735. The monoisotopic (exact) mass is 358 g/mol. The molecule has 3 nitrogen and oxygen atoms in total. The van der Waals surface area contributed by atoms with Gasteiger partial charge in [0.25, 0.3) is 0 Å². The maximum absolute atomic E-state index is 12.7. The summed E-state index contributed by atoms with van der Waals surface area (Å²) in [7, 11) is 0. The molecule has 132 valence electrons. The SMILES string of the molecule is Cc1c(CCCCCCC(=O)O)cccc1C(=O)c1ccc(Cl)cc1. The molecule has 4 heteroatoms. The molecule has 0 bridgehead atoms. The summed E-state index contributed by atoms with van der Waals surface area (Å²) in [5.74, 6) is -0.721. The third kappa shape index (κ3) is 5.71. The summed E-state index contributed by atoms with van der Waals surface area (Å²) >= 11 is 5.89. The van der Waals surface area contributed by atoms with Crippen molar-refractivity contribution in [1.82, 2.24) is 0 Å². The molecule has 1 N–H and O–H groups in total. The lowest BCUT2D eigenvalue weighted by Gasteiger charge is -2.11. The second-order valence-electron chi connectivity index (χ2n) is 6.23. The molecule has 0 aliphatic heterocycles. The molecule has 0 spiro atoms. The Morgan fingerprint density at radius 1 is 0.960 bits per heavy atom. The fourth-order valence-electron chi connectivity index (χ4n) is 2.90. The van der Waals surface area contributed by atoms with Crippen molar-refractivity contribution in [2.24, 2.45) is 0 Å². The van der Waals surface area contributed by atoms with Gasteiger partial charge in [0.05, 0.1) is 0 Å². The lowest BCUT2D eigenvalue weighted by Crippen LogP contribution is -2.05. The van der Waals surface area contributed by atoms with Gasteiger partial charge < -0.3 is 5.11 Å². The standard InChI is InChI=1S/C21H23ClO3/c1-15-16(7-4-2-3-5-10-20(23)24)8-6-9-19(15)21(25)17-11-13-18(22)14-12-17/h6,8-9,11-14H,2-5,7,10H2,1H3,(H,23,24). The average Bonchev–Trinajstić information content (AvgIpc) is 2.59. The van der Waals surface area contributed by atoms with Crippen LogP contribution in [0, 0.1) is 6.92 Å². The molecule has 2 aromatic rings. The van der Waals surface area contributed by atoms with Gasteiger partial charge in [-0.1, -0.05) is 42.6 Å². The molecule has 25 heavy (non-hydrogen) atoms. The molecule has 0 aromatic heterocycles. The van der Waals surface area contributed by atoms with Gasteiger partial charge in [-0.15, -0.1) is 0 Å². The normalized spacial score (nSPS) is 10.6. The molecule has 0 heterocycles. The number of carbonyl (C=O) groups is 2. The first-order chi connectivity index (χ1) is 12.0. The van der Waals surface area contributed by atoms with E-state index in [9.17, 15) is 9.59 Å². The number of ketones is 1. The van der Waals surface area contributed by atoms with Gasteiger partial charge in [0.1, 0.15) is 0 Å². The number of aryl methyl sites for hydroxylation is 1. The van der Waals surface area contributed by atoms with Crippen molar-refractivity contribution in [3.8, 4) is 0 Å². The van der Waals surface area contributed by atoms with Crippen LogP contribution in [-0.2, 0) is 11.2 Å². The number of hydrogen-bond donors (Lipinski definition) is 1. The van der Waals surface area contributed by atoms with Crippen molar-refractivity contribution in [3.63, 3.8) is 0 Å². The fraction of sp³-hybridized carbons (Fsp3) is 0.333. The van der Waals surface area contributed by atoms with Crippen LogP contribution < -0.4 is 0 Å². The topological polar surface area (TPSA) is 54.4 Å². The predicted molar refractivity (Wildman–Crippen MR) is 100 cm³/mol. The molecular formula is C21H23ClO3. The van der Waals surface area contributed by atoms with E-state index in [1.54, 1.807) is 24.3 Å². The van der Waals surface area contributed by atoms with Crippen molar-refractivity contribution in [3.05, 3.63) is 69.7 Å². The van der Waals surface area contributed by atoms with Crippen LogP contribution in [0.4, 0.5) is 0 Å². The third-order valence-corrected chi connectivity index (χ3v) is 4.64. The number of aliphatic carboxylic acids is 1. The number of benzene rings is 2. The highest BCUT2D eigenvalue weighted by Gasteiger charge is 2.13. The average molecular weight is 359 g/mol. The summed E-state index contributed by atoms with van der Waals surface area (Å²) in [5, 5.41) is 9.25. The predicted octanol–water partition coefficient (Wildman–Crippen LogP) is 5.46. The van der Waals surface area contributed by atoms with E-state index in [0.29, 0.717) is 10.6 Å². The van der Waals surface area contributed by atoms with Crippen molar-refractivity contribution in [2.45, 2.75) is 45.4 Å². The molecule has 0 unspecified atom stereocenters. The molecule has 0 radical (unpaired) electrons. The van der Waals surface area contributed by atoms with E-state index in [2.05, 4.69) is 6.07 Å². The van der Waals surface area contributed by atoms with Gasteiger partial charge >= 0.3 is 5.97 Å². The summed E-state index contributed by atoms with van der Waals surface area (Å²) in [6.07, 6.45) is 4.80. The minimum absolute atomic E-state index is 0.0116. The molecule has 2 rings (SSSR count). The smallest absolute Gasteiger partial charge is 0.303 e. The summed E-state index contributed by atoms with van der Waals surface area (Å²) < 4.78 is 0. The minimum Gasteiger partial charge on any atom is -0.481 e. The van der Waals surface area contributed by atoms with E-state index in [-0.39, 0.29) is 12.2 Å². The first kappa shape index (κ1) is 19.2. The maximum Gasteiger partial charge on any atom is 0.303 e. The quantitative estimate of drug-likeness (QED) is 0.478. The molecule has 0 amide bonds. The lowest BCUT2D eigenvalue weighted by atomic mass is 9.93. The van der Waals surface area contributed by atoms with E-state index in [4.69, 9.17) is 16.7 Å². The van der Waals surface area contributed by atoms with E-state index in [0.717, 1.165) is 43.2 Å². The van der Waals surface area contributed by atoms with Gasteiger partial charge in [0.15, 0.2) is 5.78 Å². The molecule has 0 atom stereocenters. The zero-order chi connectivity index (χ0) is 18.2. The van der Waals surface area contributed by atoms with Crippen molar-refractivity contribution < 1.29 is 14.7 Å². The van der Waals surface area contributed by atoms with E-state index in [1.807, 2.05) is 19.1 Å². The molecule has 0 saturated heterocycles. The van der Waals surface area contributed by atoms with Gasteiger partial charge in [-0.05, 0) is 61.6 Å². The summed E-state index contributed by atoms with van der Waals surface area (Å²) in [6.45, 7) is 1.99. The van der Waals surface area contributed by atoms with Crippen LogP contribution in [0.25, 0.3) is 0 Å². The number of hydrogen-bond acceptors (Lipinski definition) is 2. The van der Waals surface area contributed by atoms with Crippen molar-refractivity contribution in [1.29, 1.82) is 0 Å². The first-order valence-electron chi connectivity index (χ1n) is 8.59. The molecule has 0 saturated carbocycles. The molecule has 2 aromatic carbocycles. The molecule has 0 fully saturated rings. The Balaban J connectivity index is 1.98. The maximum atomic E-state index is 12.7. The first-order valence-corrected chi connectivity index (χ1v) is 8.97. The van der Waals surface area contributed by atoms with Gasteiger partial charge in [-0.2, -0.15) is 0 Å². The van der Waals surface area contributed by atoms with Crippen LogP contribution >= 0.6 is 11.6 Å². The third-order valence-electron chi connectivity index (χ3n) is 4.38. The fourth-order valence-corrected chi connectivity index (χ4v) is 3.03. The highest BCUT2D eigenvalue weighted by atomic mass is 35.5. The zero-order valence-corrected chi connectivity index (χ0v) is 15.2. The van der Waals surface area contributed by atoms with Gasteiger partial charge in [0, 0.05) is 22.6 Å². The van der Waals surface area contributed by atoms with Crippen LogP contribution in [0.2, 0.25) is 5.02 Å². The summed E-state index contributed by atoms with van der Waals surface area (Å²) in [5.41, 5.74) is 3.56. The van der Waals surface area contributed by atoms with Crippen LogP contribution in [-0.4, -0.2) is 16.9 Å². The van der Waals surface area contributed by atoms with Crippen molar-refractivity contribution in [2.75, 3.05) is 0 Å². The Morgan fingerprint density at radius 2 is 1.64 bits per heavy atom. The second kappa shape index (κ2) is 9.38. The zero-order valence-electron chi connectivity index (χ0n) is 14.4. The second-order valence-corrected chi connectivity index (χ2v) is 6.67. The number of halogens is 1. The number of carbonyl (C=O) groups excluding carboxylic acids is 1. The van der Waals surface area contributed by atoms with Crippen molar-refractivity contribution >= 4 is 23.4 Å². The van der Waals surface area contributed by atoms with Crippen LogP contribution in [0.15, 0.2) is 42.5 Å². The van der Waals surface area contributed by atoms with Gasteiger partial charge in [0.2, 0.25) is 0 Å². The molecular weight excluding hydrogens is 336 g/mol. The Kier molecular flexibility index (Phi) is 7.20. The molecule has 0 aliphatic carbocycles. The molecule has 0 aliphatic rings. The van der Waals surface area contributed by atoms with E-state index < -0.39 is 5.97 Å². The van der Waals surface area contributed by atoms with E-state index >= 15 is 0 Å². The van der Waals surface area contributed by atoms with Crippen LogP contribution in [0.1, 0.15) is 59.2 Å². The van der Waals surface area contributed by atoms with Crippen LogP contribution in [0.3, 0.4) is 0 Å². The van der Waals surface area contributed by atoms with Gasteiger partial charge in [-0.25, -0.2) is 0 Å². The Morgan fingerprint density at radius 3 is 2.32 bits per heavy atom. The highest BCUT2D eigenvalue weighted by molar-refractivity contribution is 6.30. The van der Waals surface area contributed by atoms with Crippen LogP contribution in [0.5, 0.6) is 0 Å². The number of unbranched alkanes of at least 4 members (excludes halogenated alkanes) is 3. The Hall–Kier alpha value is -2.13. The number of rotatable bonds is 9. The lowest BCUT2D eigenvalue weighted by molar-refractivity contribution is -0.137. The minimum atomic E-state index is -0.732. The largest absolute Gasteiger partial charge is 0.481 e. The number of carboxylic acids is 1. The summed E-state index contributed by atoms with van der Waals surface area (Å²) in [6, 6.07) is 12.8.